The van der Waals surface area contributed by atoms with Gasteiger partial charge in [0.1, 0.15) is 16.6 Å². The second-order valence-electron chi connectivity index (χ2n) is 8.21. The van der Waals surface area contributed by atoms with E-state index in [0.717, 1.165) is 23.7 Å². The molecular weight excluding hydrogens is 507 g/mol. The molecule has 0 spiro atoms. The van der Waals surface area contributed by atoms with Gasteiger partial charge >= 0.3 is 6.61 Å². The molecule has 3 heterocycles. The molecule has 3 N–H and O–H groups in total. The van der Waals surface area contributed by atoms with Crippen LogP contribution in [0, 0.1) is 5.82 Å². The molecule has 12 heteroatoms. The number of aromatic nitrogens is 3. The minimum atomic E-state index is -3.16. The van der Waals surface area contributed by atoms with E-state index in [4.69, 9.17) is 5.11 Å². The minimum absolute atomic E-state index is 0.0384. The van der Waals surface area contributed by atoms with Gasteiger partial charge in [-0.05, 0) is 43.5 Å². The number of aliphatic hydroxyl groups excluding tert-OH is 1. The zero-order valence-corrected chi connectivity index (χ0v) is 20.6. The summed E-state index contributed by atoms with van der Waals surface area (Å²) in [5.41, 5.74) is 1.58. The van der Waals surface area contributed by atoms with Crippen molar-refractivity contribution in [2.24, 2.45) is 0 Å². The van der Waals surface area contributed by atoms with Crippen LogP contribution in [-0.4, -0.2) is 38.8 Å². The first-order valence-corrected chi connectivity index (χ1v) is 12.3. The minimum Gasteiger partial charge on any atom is -0.434 e. The summed E-state index contributed by atoms with van der Waals surface area (Å²) in [5.74, 6) is -1.77. The Kier molecular flexibility index (Phi) is 8.51. The highest BCUT2D eigenvalue weighted by Crippen LogP contribution is 2.36. The van der Waals surface area contributed by atoms with Gasteiger partial charge in [-0.1, -0.05) is 29.5 Å². The monoisotopic (exact) mass is 531 g/mol. The summed E-state index contributed by atoms with van der Waals surface area (Å²) in [4.78, 5) is 17.4. The van der Waals surface area contributed by atoms with E-state index in [-0.39, 0.29) is 40.2 Å². The summed E-state index contributed by atoms with van der Waals surface area (Å²) in [6.07, 6.45) is 6.70. The number of benzene rings is 1. The highest BCUT2D eigenvalue weighted by molar-refractivity contribution is 7.15. The highest BCUT2D eigenvalue weighted by atomic mass is 32.1. The molecule has 1 aromatic carbocycles. The number of anilines is 1. The Balaban J connectivity index is 1.43. The van der Waals surface area contributed by atoms with Gasteiger partial charge in [0.2, 0.25) is 5.13 Å². The van der Waals surface area contributed by atoms with Gasteiger partial charge in [-0.2, -0.15) is 8.78 Å². The van der Waals surface area contributed by atoms with Crippen LogP contribution in [0.2, 0.25) is 0 Å². The van der Waals surface area contributed by atoms with Gasteiger partial charge in [0.25, 0.3) is 5.91 Å². The SMILES string of the molecule is CC1C=C(c2c(F)cccc2OC(F)F)C(C(=O)Nc2nnc(CCCc3ccc(CO)cn3)s2)=CN1. The molecule has 0 saturated heterocycles. The van der Waals surface area contributed by atoms with E-state index in [2.05, 4.69) is 30.6 Å². The Morgan fingerprint density at radius 3 is 2.81 bits per heavy atom. The zero-order valence-electron chi connectivity index (χ0n) is 19.7. The van der Waals surface area contributed by atoms with E-state index in [1.54, 1.807) is 19.2 Å². The number of nitrogens with zero attached hydrogens (tertiary/aromatic N) is 3. The number of carbonyl (C=O) groups excluding carboxylic acids is 1. The maximum atomic E-state index is 14.8. The molecule has 1 aliphatic rings. The van der Waals surface area contributed by atoms with Crippen LogP contribution in [0.5, 0.6) is 5.75 Å². The number of rotatable bonds is 10. The van der Waals surface area contributed by atoms with Crippen LogP contribution >= 0.6 is 11.3 Å². The van der Waals surface area contributed by atoms with Crippen LogP contribution in [0.25, 0.3) is 5.57 Å². The molecule has 1 amide bonds. The smallest absolute Gasteiger partial charge is 0.387 e. The largest absolute Gasteiger partial charge is 0.434 e. The van der Waals surface area contributed by atoms with Gasteiger partial charge in [-0.15, -0.1) is 10.2 Å². The molecule has 1 atom stereocenters. The van der Waals surface area contributed by atoms with Gasteiger partial charge in [0, 0.05) is 36.1 Å². The van der Waals surface area contributed by atoms with Gasteiger partial charge in [-0.3, -0.25) is 15.1 Å². The third-order valence-electron chi connectivity index (χ3n) is 5.48. The summed E-state index contributed by atoms with van der Waals surface area (Å²) in [7, 11) is 0. The van der Waals surface area contributed by atoms with Crippen molar-refractivity contribution >= 4 is 27.9 Å². The molecule has 8 nitrogen and oxygen atoms in total. The Morgan fingerprint density at radius 1 is 1.24 bits per heavy atom. The van der Waals surface area contributed by atoms with Gasteiger partial charge in [0.05, 0.1) is 17.7 Å². The molecular formula is C25H24F3N5O3S. The summed E-state index contributed by atoms with van der Waals surface area (Å²) >= 11 is 1.21. The first-order valence-electron chi connectivity index (χ1n) is 11.4. The van der Waals surface area contributed by atoms with E-state index in [1.807, 2.05) is 12.1 Å². The first-order chi connectivity index (χ1) is 17.8. The molecule has 0 bridgehead atoms. The third-order valence-corrected chi connectivity index (χ3v) is 6.38. The molecule has 3 aromatic rings. The second-order valence-corrected chi connectivity index (χ2v) is 9.27. The molecule has 194 valence electrons. The van der Waals surface area contributed by atoms with Crippen molar-refractivity contribution in [3.8, 4) is 5.75 Å². The fourth-order valence-corrected chi connectivity index (χ4v) is 4.51. The van der Waals surface area contributed by atoms with Gasteiger partial charge < -0.3 is 15.2 Å². The fraction of sp³-hybridized carbons (Fsp3) is 0.280. The number of dihydropyridines is 1. The lowest BCUT2D eigenvalue weighted by molar-refractivity contribution is -0.112. The average Bonchev–Trinajstić information content (AvgIpc) is 3.31. The highest BCUT2D eigenvalue weighted by Gasteiger charge is 2.27. The second kappa shape index (κ2) is 12.0. The van der Waals surface area contributed by atoms with E-state index >= 15 is 0 Å². The van der Waals surface area contributed by atoms with Crippen molar-refractivity contribution in [1.29, 1.82) is 0 Å². The Bertz CT molecular complexity index is 1310. The predicted octanol–water partition coefficient (Wildman–Crippen LogP) is 4.24. The first kappa shape index (κ1) is 26.3. The number of halogens is 3. The summed E-state index contributed by atoms with van der Waals surface area (Å²) < 4.78 is 45.2. The Morgan fingerprint density at radius 2 is 2.08 bits per heavy atom. The molecule has 0 saturated carbocycles. The number of aryl methyl sites for hydroxylation is 2. The van der Waals surface area contributed by atoms with E-state index < -0.39 is 18.3 Å². The fourth-order valence-electron chi connectivity index (χ4n) is 3.73. The van der Waals surface area contributed by atoms with Crippen molar-refractivity contribution in [1.82, 2.24) is 20.5 Å². The quantitative estimate of drug-likeness (QED) is 0.359. The van der Waals surface area contributed by atoms with Crippen LogP contribution in [0.4, 0.5) is 18.3 Å². The van der Waals surface area contributed by atoms with Gasteiger partial charge in [-0.25, -0.2) is 4.39 Å². The number of aliphatic hydroxyl groups is 1. The predicted molar refractivity (Wildman–Crippen MR) is 132 cm³/mol. The van der Waals surface area contributed by atoms with Crippen molar-refractivity contribution < 1.29 is 27.8 Å². The normalized spacial score (nSPS) is 15.1. The number of ether oxygens (including phenoxy) is 1. The van der Waals surface area contributed by atoms with Crippen molar-refractivity contribution in [2.75, 3.05) is 5.32 Å². The van der Waals surface area contributed by atoms with Crippen molar-refractivity contribution in [3.63, 3.8) is 0 Å². The molecule has 4 rings (SSSR count). The molecule has 37 heavy (non-hydrogen) atoms. The Hall–Kier alpha value is -3.77. The maximum Gasteiger partial charge on any atom is 0.387 e. The molecule has 1 unspecified atom stereocenters. The number of hydrogen-bond donors (Lipinski definition) is 3. The van der Waals surface area contributed by atoms with E-state index in [9.17, 15) is 18.0 Å². The van der Waals surface area contributed by atoms with Crippen LogP contribution in [0.3, 0.4) is 0 Å². The van der Waals surface area contributed by atoms with Crippen LogP contribution in [0.1, 0.15) is 35.2 Å². The standard InChI is InChI=1S/C25H24F3N5O3S/c1-14-10-17(22-19(26)5-3-6-20(22)36-24(27)28)18(12-29-14)23(35)31-25-33-32-21(37-25)7-2-4-16-9-8-15(13-34)11-30-16/h3,5-6,8-12,14,24,29,34H,2,4,7,13H2,1H3,(H,31,33,35). The van der Waals surface area contributed by atoms with Crippen LogP contribution < -0.4 is 15.4 Å². The summed E-state index contributed by atoms with van der Waals surface area (Å²) in [6.45, 7) is -1.44. The number of nitrogens with one attached hydrogen (secondary N) is 2. The topological polar surface area (TPSA) is 109 Å². The van der Waals surface area contributed by atoms with Crippen LogP contribution in [-0.2, 0) is 24.2 Å². The summed E-state index contributed by atoms with van der Waals surface area (Å²) in [5, 5.41) is 23.8. The Labute approximate surface area is 214 Å². The zero-order chi connectivity index (χ0) is 26.4. The number of alkyl halides is 2. The average molecular weight is 532 g/mol. The summed E-state index contributed by atoms with van der Waals surface area (Å²) in [6, 6.07) is 7.00. The number of pyridine rings is 1. The lowest BCUT2D eigenvalue weighted by Gasteiger charge is -2.22. The van der Waals surface area contributed by atoms with Crippen molar-refractivity contribution in [2.45, 2.75) is 45.4 Å². The maximum absolute atomic E-state index is 14.8. The van der Waals surface area contributed by atoms with E-state index in [1.165, 1.54) is 29.7 Å². The molecule has 0 radical (unpaired) electrons. The van der Waals surface area contributed by atoms with Gasteiger partial charge in [0.15, 0.2) is 0 Å². The number of hydrogen-bond acceptors (Lipinski definition) is 8. The molecule has 0 aliphatic carbocycles. The third kappa shape index (κ3) is 6.71. The molecule has 1 aliphatic heterocycles. The molecule has 2 aromatic heterocycles. The molecule has 0 fully saturated rings. The number of carbonyl (C=O) groups is 1. The van der Waals surface area contributed by atoms with E-state index in [0.29, 0.717) is 17.8 Å². The van der Waals surface area contributed by atoms with Crippen LogP contribution in [0.15, 0.2) is 54.4 Å². The lowest BCUT2D eigenvalue weighted by Crippen LogP contribution is -2.27. The lowest BCUT2D eigenvalue weighted by atomic mass is 9.92. The van der Waals surface area contributed by atoms with Crippen molar-refractivity contribution in [3.05, 3.63) is 82.0 Å². The number of amides is 1.